The van der Waals surface area contributed by atoms with E-state index < -0.39 is 5.97 Å². The van der Waals surface area contributed by atoms with Gasteiger partial charge in [-0.2, -0.15) is 0 Å². The van der Waals surface area contributed by atoms with E-state index in [9.17, 15) is 10.0 Å². The Labute approximate surface area is 104 Å². The van der Waals surface area contributed by atoms with Gasteiger partial charge in [0.05, 0.1) is 24.7 Å². The lowest BCUT2D eigenvalue weighted by atomic mass is 10.1. The van der Waals surface area contributed by atoms with E-state index in [0.717, 1.165) is 10.1 Å². The first-order chi connectivity index (χ1) is 8.67. The molecule has 0 spiro atoms. The molecule has 94 valence electrons. The molecule has 0 fully saturated rings. The summed E-state index contributed by atoms with van der Waals surface area (Å²) in [7, 11) is 1.32. The maximum atomic E-state index is 11.4. The van der Waals surface area contributed by atoms with E-state index >= 15 is 0 Å². The molecule has 1 N–H and O–H groups in total. The Morgan fingerprint density at radius 1 is 1.39 bits per heavy atom. The van der Waals surface area contributed by atoms with Crippen LogP contribution in [0.15, 0.2) is 30.5 Å². The van der Waals surface area contributed by atoms with Crippen LogP contribution in [-0.2, 0) is 4.74 Å². The molecule has 0 unspecified atom stereocenters. The van der Waals surface area contributed by atoms with E-state index in [1.165, 1.54) is 13.3 Å². The van der Waals surface area contributed by atoms with Gasteiger partial charge >= 0.3 is 5.97 Å². The Bertz CT molecular complexity index is 595. The summed E-state index contributed by atoms with van der Waals surface area (Å²) >= 11 is 0. The number of hydrogen-bond donors (Lipinski definition) is 1. The maximum Gasteiger partial charge on any atom is 0.338 e. The number of carbonyl (C=O) groups is 1. The van der Waals surface area contributed by atoms with Gasteiger partial charge in [0, 0.05) is 16.9 Å². The molecular formula is C13H14NO4+. The van der Waals surface area contributed by atoms with Gasteiger partial charge in [-0.3, -0.25) is 5.21 Å². The smallest absolute Gasteiger partial charge is 0.338 e. The molecule has 0 aliphatic rings. The van der Waals surface area contributed by atoms with Crippen molar-refractivity contribution in [3.05, 3.63) is 36.0 Å². The zero-order chi connectivity index (χ0) is 13.1. The van der Waals surface area contributed by atoms with Crippen LogP contribution in [0.25, 0.3) is 10.9 Å². The lowest BCUT2D eigenvalue weighted by Crippen LogP contribution is -2.30. The van der Waals surface area contributed by atoms with Gasteiger partial charge in [-0.05, 0) is 19.1 Å². The summed E-state index contributed by atoms with van der Waals surface area (Å²) in [4.78, 5) is 11.4. The van der Waals surface area contributed by atoms with Crippen molar-refractivity contribution in [1.29, 1.82) is 0 Å². The summed E-state index contributed by atoms with van der Waals surface area (Å²) in [6, 6.07) is 6.59. The number of fused-ring (bicyclic) bond motifs is 1. The van der Waals surface area contributed by atoms with Crippen LogP contribution in [-0.4, -0.2) is 24.9 Å². The molecule has 0 saturated heterocycles. The van der Waals surface area contributed by atoms with Crippen LogP contribution in [0.5, 0.6) is 5.75 Å². The highest BCUT2D eigenvalue weighted by Gasteiger charge is 2.16. The first-order valence-electron chi connectivity index (χ1n) is 5.56. The van der Waals surface area contributed by atoms with Crippen LogP contribution in [0.2, 0.25) is 0 Å². The molecule has 0 atom stereocenters. The second kappa shape index (κ2) is 4.91. The fraction of sp³-hybridized carbons (Fsp3) is 0.231. The van der Waals surface area contributed by atoms with Gasteiger partial charge < -0.3 is 9.47 Å². The number of carbonyl (C=O) groups excluding carboxylic acids is 1. The quantitative estimate of drug-likeness (QED) is 0.508. The number of aromatic nitrogens is 1. The number of hydrogen-bond acceptors (Lipinski definition) is 4. The van der Waals surface area contributed by atoms with Gasteiger partial charge in [0.2, 0.25) is 6.20 Å². The number of pyridine rings is 1. The minimum atomic E-state index is -0.446. The Morgan fingerprint density at radius 3 is 2.83 bits per heavy atom. The molecule has 0 aliphatic carbocycles. The molecule has 5 nitrogen and oxygen atoms in total. The number of nitrogens with zero attached hydrogens (tertiary/aromatic N) is 1. The molecule has 0 amide bonds. The monoisotopic (exact) mass is 248 g/mol. The molecule has 2 aromatic rings. The largest absolute Gasteiger partial charge is 0.493 e. The predicted octanol–water partition coefficient (Wildman–Crippen LogP) is 1.55. The number of esters is 1. The summed E-state index contributed by atoms with van der Waals surface area (Å²) in [6.07, 6.45) is 1.47. The summed E-state index contributed by atoms with van der Waals surface area (Å²) in [5.41, 5.74) is 0.866. The first kappa shape index (κ1) is 12.2. The summed E-state index contributed by atoms with van der Waals surface area (Å²) < 4.78 is 11.1. The standard InChI is InChI=1S/C13H14NO4/c1-3-18-12-6-7-14(16)11-8-9(13(15)17-2)4-5-10(11)12/h4-8,16H,3H2,1-2H3/q+1. The van der Waals surface area contributed by atoms with Crippen molar-refractivity contribution in [1.82, 2.24) is 0 Å². The number of ether oxygens (including phenoxy) is 2. The SMILES string of the molecule is CCOc1cc[n+](O)c2cc(C(=O)OC)ccc12. The first-order valence-corrected chi connectivity index (χ1v) is 5.56. The highest BCUT2D eigenvalue weighted by molar-refractivity contribution is 5.94. The van der Waals surface area contributed by atoms with Gasteiger partial charge in [0.1, 0.15) is 5.75 Å². The Balaban J connectivity index is 2.62. The van der Waals surface area contributed by atoms with Crippen LogP contribution in [0.1, 0.15) is 17.3 Å². The van der Waals surface area contributed by atoms with E-state index in [1.807, 2.05) is 6.92 Å². The van der Waals surface area contributed by atoms with Gasteiger partial charge in [0.15, 0.2) is 0 Å². The van der Waals surface area contributed by atoms with E-state index in [0.29, 0.717) is 23.4 Å². The minimum Gasteiger partial charge on any atom is -0.493 e. The third-order valence-electron chi connectivity index (χ3n) is 2.60. The van der Waals surface area contributed by atoms with Crippen LogP contribution >= 0.6 is 0 Å². The molecular weight excluding hydrogens is 234 g/mol. The number of methoxy groups -OCH3 is 1. The average Bonchev–Trinajstić information content (AvgIpc) is 2.41. The summed E-state index contributed by atoms with van der Waals surface area (Å²) in [6.45, 7) is 2.41. The summed E-state index contributed by atoms with van der Waals surface area (Å²) in [5.74, 6) is 0.216. The zero-order valence-corrected chi connectivity index (χ0v) is 10.2. The van der Waals surface area contributed by atoms with Gasteiger partial charge in [-0.15, -0.1) is 0 Å². The fourth-order valence-electron chi connectivity index (χ4n) is 1.76. The Hall–Kier alpha value is -2.30. The molecule has 1 heterocycles. The van der Waals surface area contributed by atoms with E-state index in [2.05, 4.69) is 4.74 Å². The summed E-state index contributed by atoms with van der Waals surface area (Å²) in [5, 5.41) is 10.5. The maximum absolute atomic E-state index is 11.4. The molecule has 2 rings (SSSR count). The van der Waals surface area contributed by atoms with Gasteiger partial charge in [-0.25, -0.2) is 4.79 Å². The Morgan fingerprint density at radius 2 is 2.17 bits per heavy atom. The molecule has 18 heavy (non-hydrogen) atoms. The van der Waals surface area contributed by atoms with Gasteiger partial charge in [-0.1, -0.05) is 0 Å². The molecule has 0 radical (unpaired) electrons. The van der Waals surface area contributed by atoms with Crippen molar-refractivity contribution in [3.8, 4) is 5.75 Å². The number of rotatable bonds is 3. The van der Waals surface area contributed by atoms with E-state index in [-0.39, 0.29) is 0 Å². The minimum absolute atomic E-state index is 0.376. The predicted molar refractivity (Wildman–Crippen MR) is 63.8 cm³/mol. The second-order valence-corrected chi connectivity index (χ2v) is 3.68. The second-order valence-electron chi connectivity index (χ2n) is 3.68. The van der Waals surface area contributed by atoms with Crippen molar-refractivity contribution >= 4 is 16.9 Å². The van der Waals surface area contributed by atoms with Crippen molar-refractivity contribution in [2.75, 3.05) is 13.7 Å². The molecule has 1 aromatic heterocycles. The third kappa shape index (κ3) is 2.07. The van der Waals surface area contributed by atoms with Crippen molar-refractivity contribution in [2.45, 2.75) is 6.92 Å². The zero-order valence-electron chi connectivity index (χ0n) is 10.2. The highest BCUT2D eigenvalue weighted by atomic mass is 16.5. The number of benzene rings is 1. The molecule has 0 bridgehead atoms. The average molecular weight is 248 g/mol. The lowest BCUT2D eigenvalue weighted by molar-refractivity contribution is -0.884. The third-order valence-corrected chi connectivity index (χ3v) is 2.60. The van der Waals surface area contributed by atoms with Crippen molar-refractivity contribution in [3.63, 3.8) is 0 Å². The molecule has 0 aliphatic heterocycles. The molecule has 0 saturated carbocycles. The van der Waals surface area contributed by atoms with Crippen molar-refractivity contribution in [2.24, 2.45) is 0 Å². The highest BCUT2D eigenvalue weighted by Crippen LogP contribution is 2.23. The lowest BCUT2D eigenvalue weighted by Gasteiger charge is -2.05. The van der Waals surface area contributed by atoms with E-state index in [1.54, 1.807) is 24.3 Å². The van der Waals surface area contributed by atoms with Crippen molar-refractivity contribution < 1.29 is 24.2 Å². The molecule has 1 aromatic carbocycles. The van der Waals surface area contributed by atoms with Crippen LogP contribution in [0.4, 0.5) is 0 Å². The van der Waals surface area contributed by atoms with Crippen LogP contribution in [0.3, 0.4) is 0 Å². The van der Waals surface area contributed by atoms with Crippen LogP contribution < -0.4 is 9.47 Å². The van der Waals surface area contributed by atoms with Gasteiger partial charge in [0.25, 0.3) is 5.52 Å². The Kier molecular flexibility index (Phi) is 3.32. The topological polar surface area (TPSA) is 59.6 Å². The van der Waals surface area contributed by atoms with E-state index in [4.69, 9.17) is 4.74 Å². The normalized spacial score (nSPS) is 10.3. The fourth-order valence-corrected chi connectivity index (χ4v) is 1.76. The molecule has 5 heteroatoms. The van der Waals surface area contributed by atoms with Crippen LogP contribution in [0, 0.1) is 0 Å².